The summed E-state index contributed by atoms with van der Waals surface area (Å²) in [5, 5.41) is 3.98. The van der Waals surface area contributed by atoms with Gasteiger partial charge in [0.2, 0.25) is 11.8 Å². The number of carbonyl (C=O) groups excluding carboxylic acids is 2. The third-order valence-electron chi connectivity index (χ3n) is 6.84. The fourth-order valence-corrected chi connectivity index (χ4v) is 6.43. The molecule has 3 aromatic rings. The second-order valence-corrected chi connectivity index (χ2v) is 12.8. The van der Waals surface area contributed by atoms with Crippen LogP contribution in [0.2, 0.25) is 15.1 Å². The Morgan fingerprint density at radius 2 is 1.49 bits per heavy atom. The van der Waals surface area contributed by atoms with Gasteiger partial charge in [0.1, 0.15) is 12.6 Å². The Kier molecular flexibility index (Phi) is 11.5. The normalized spacial score (nSPS) is 12.9. The van der Waals surface area contributed by atoms with Crippen molar-refractivity contribution in [2.45, 2.75) is 64.1 Å². The zero-order valence-corrected chi connectivity index (χ0v) is 26.5. The first kappa shape index (κ1) is 32.7. The SMILES string of the molecule is CC[C@H](C(=O)N[C@@H](C)CC)N(Cc1c(Cl)cccc1Cl)C(=O)CN(c1ccccc1C)S(=O)(=O)c1ccc(Cl)cc1. The van der Waals surface area contributed by atoms with Crippen LogP contribution in [0.25, 0.3) is 0 Å². The van der Waals surface area contributed by atoms with Crippen LogP contribution in [0.4, 0.5) is 5.69 Å². The monoisotopic (exact) mass is 637 g/mol. The smallest absolute Gasteiger partial charge is 0.264 e. The van der Waals surface area contributed by atoms with E-state index >= 15 is 0 Å². The lowest BCUT2D eigenvalue weighted by molar-refractivity contribution is -0.140. The Balaban J connectivity index is 2.11. The van der Waals surface area contributed by atoms with Gasteiger partial charge in [0.25, 0.3) is 10.0 Å². The molecule has 2 atom stereocenters. The summed E-state index contributed by atoms with van der Waals surface area (Å²) in [5.74, 6) is -0.936. The van der Waals surface area contributed by atoms with Gasteiger partial charge >= 0.3 is 0 Å². The zero-order valence-electron chi connectivity index (χ0n) is 23.4. The van der Waals surface area contributed by atoms with Gasteiger partial charge in [0.15, 0.2) is 0 Å². The lowest BCUT2D eigenvalue weighted by atomic mass is 10.1. The van der Waals surface area contributed by atoms with Gasteiger partial charge in [-0.1, -0.05) is 72.9 Å². The van der Waals surface area contributed by atoms with E-state index in [1.807, 2.05) is 13.8 Å². The molecule has 0 saturated carbocycles. The molecular formula is C30H34Cl3N3O4S. The first-order valence-electron chi connectivity index (χ1n) is 13.3. The summed E-state index contributed by atoms with van der Waals surface area (Å²) in [6, 6.07) is 16.6. The molecule has 0 aliphatic carbocycles. The summed E-state index contributed by atoms with van der Waals surface area (Å²) >= 11 is 18.9. The van der Waals surface area contributed by atoms with Gasteiger partial charge in [0.05, 0.1) is 10.6 Å². The van der Waals surface area contributed by atoms with Crippen molar-refractivity contribution >= 4 is 62.3 Å². The van der Waals surface area contributed by atoms with E-state index in [0.717, 1.165) is 4.31 Å². The molecule has 0 aliphatic rings. The van der Waals surface area contributed by atoms with Crippen molar-refractivity contribution in [1.82, 2.24) is 10.2 Å². The van der Waals surface area contributed by atoms with Gasteiger partial charge in [0, 0.05) is 33.2 Å². The number of hydrogen-bond acceptors (Lipinski definition) is 4. The maximum atomic E-state index is 14.2. The van der Waals surface area contributed by atoms with E-state index in [1.54, 1.807) is 56.3 Å². The third kappa shape index (κ3) is 7.95. The largest absolute Gasteiger partial charge is 0.352 e. The van der Waals surface area contributed by atoms with E-state index in [2.05, 4.69) is 5.32 Å². The van der Waals surface area contributed by atoms with Crippen molar-refractivity contribution < 1.29 is 18.0 Å². The fourth-order valence-electron chi connectivity index (χ4n) is 4.30. The van der Waals surface area contributed by atoms with Gasteiger partial charge in [-0.05, 0) is 74.7 Å². The number of sulfonamides is 1. The minimum Gasteiger partial charge on any atom is -0.352 e. The Morgan fingerprint density at radius 3 is 2.05 bits per heavy atom. The van der Waals surface area contributed by atoms with Crippen LogP contribution in [0.15, 0.2) is 71.6 Å². The number of anilines is 1. The molecule has 0 saturated heterocycles. The molecule has 0 radical (unpaired) electrons. The highest BCUT2D eigenvalue weighted by Gasteiger charge is 2.35. The van der Waals surface area contributed by atoms with E-state index < -0.39 is 28.5 Å². The van der Waals surface area contributed by atoms with E-state index in [9.17, 15) is 18.0 Å². The predicted octanol–water partition coefficient (Wildman–Crippen LogP) is 6.87. The van der Waals surface area contributed by atoms with Crippen molar-refractivity contribution in [3.8, 4) is 0 Å². The van der Waals surface area contributed by atoms with E-state index in [4.69, 9.17) is 34.8 Å². The molecule has 41 heavy (non-hydrogen) atoms. The number of aryl methyl sites for hydroxylation is 1. The lowest BCUT2D eigenvalue weighted by Crippen LogP contribution is -2.53. The molecule has 0 heterocycles. The molecule has 0 fully saturated rings. The molecule has 0 aliphatic heterocycles. The summed E-state index contributed by atoms with van der Waals surface area (Å²) in [5.41, 5.74) is 1.45. The summed E-state index contributed by atoms with van der Waals surface area (Å²) in [6.07, 6.45) is 0.983. The Morgan fingerprint density at radius 1 is 0.878 bits per heavy atom. The standard InChI is InChI=1S/C30H34Cl3N3O4S/c1-5-21(4)34-30(38)27(6-2)35(18-24-25(32)11-9-12-26(24)33)29(37)19-36(28-13-8-7-10-20(28)3)41(39,40)23-16-14-22(31)15-17-23/h7-17,21,27H,5-6,18-19H2,1-4H3,(H,34,38)/t21-,27+/m0/s1. The van der Waals surface area contributed by atoms with Crippen LogP contribution in [0.3, 0.4) is 0 Å². The van der Waals surface area contributed by atoms with Crippen molar-refractivity contribution in [3.63, 3.8) is 0 Å². The number of halogens is 3. The Bertz CT molecular complexity index is 1460. The number of hydrogen-bond donors (Lipinski definition) is 1. The fraction of sp³-hybridized carbons (Fsp3) is 0.333. The minimum atomic E-state index is -4.21. The molecule has 7 nitrogen and oxygen atoms in total. The van der Waals surface area contributed by atoms with Crippen LogP contribution in [0.5, 0.6) is 0 Å². The Hall–Kier alpha value is -2.78. The average molecular weight is 639 g/mol. The van der Waals surface area contributed by atoms with E-state index in [-0.39, 0.29) is 29.8 Å². The van der Waals surface area contributed by atoms with Gasteiger partial charge in [-0.3, -0.25) is 13.9 Å². The van der Waals surface area contributed by atoms with Gasteiger partial charge in [-0.2, -0.15) is 0 Å². The van der Waals surface area contributed by atoms with Crippen molar-refractivity contribution in [3.05, 3.63) is 92.9 Å². The molecule has 1 N–H and O–H groups in total. The Labute approximate surface area is 257 Å². The number of para-hydroxylation sites is 1. The number of carbonyl (C=O) groups is 2. The molecular weight excluding hydrogens is 605 g/mol. The third-order valence-corrected chi connectivity index (χ3v) is 9.58. The molecule has 0 aromatic heterocycles. The summed E-state index contributed by atoms with van der Waals surface area (Å²) < 4.78 is 29.0. The molecule has 3 aromatic carbocycles. The van der Waals surface area contributed by atoms with Crippen LogP contribution in [-0.2, 0) is 26.2 Å². The number of nitrogens with zero attached hydrogens (tertiary/aromatic N) is 2. The number of nitrogens with one attached hydrogen (secondary N) is 1. The summed E-state index contributed by atoms with van der Waals surface area (Å²) in [4.78, 5) is 28.9. The number of rotatable bonds is 12. The lowest BCUT2D eigenvalue weighted by Gasteiger charge is -2.34. The van der Waals surface area contributed by atoms with Gasteiger partial charge in [-0.15, -0.1) is 0 Å². The average Bonchev–Trinajstić information content (AvgIpc) is 2.93. The van der Waals surface area contributed by atoms with E-state index in [0.29, 0.717) is 38.3 Å². The number of amides is 2. The highest BCUT2D eigenvalue weighted by atomic mass is 35.5. The highest BCUT2D eigenvalue weighted by Crippen LogP contribution is 2.30. The molecule has 220 valence electrons. The quantitative estimate of drug-likeness (QED) is 0.235. The summed E-state index contributed by atoms with van der Waals surface area (Å²) in [6.45, 7) is 6.72. The van der Waals surface area contributed by atoms with Crippen molar-refractivity contribution in [1.29, 1.82) is 0 Å². The maximum Gasteiger partial charge on any atom is 0.264 e. The zero-order chi connectivity index (χ0) is 30.3. The van der Waals surface area contributed by atoms with E-state index in [1.165, 1.54) is 29.2 Å². The van der Waals surface area contributed by atoms with Gasteiger partial charge in [-0.25, -0.2) is 8.42 Å². The van der Waals surface area contributed by atoms with Gasteiger partial charge < -0.3 is 10.2 Å². The summed E-state index contributed by atoms with van der Waals surface area (Å²) in [7, 11) is -4.21. The second-order valence-electron chi connectivity index (χ2n) is 9.72. The predicted molar refractivity (Wildman–Crippen MR) is 166 cm³/mol. The van der Waals surface area contributed by atoms with Crippen LogP contribution in [0, 0.1) is 6.92 Å². The topological polar surface area (TPSA) is 86.8 Å². The van der Waals surface area contributed by atoms with Crippen LogP contribution in [0.1, 0.15) is 44.7 Å². The number of benzene rings is 3. The van der Waals surface area contributed by atoms with Crippen molar-refractivity contribution in [2.75, 3.05) is 10.8 Å². The molecule has 0 spiro atoms. The first-order valence-corrected chi connectivity index (χ1v) is 15.8. The van der Waals surface area contributed by atoms with Crippen molar-refractivity contribution in [2.24, 2.45) is 0 Å². The van der Waals surface area contributed by atoms with Crippen LogP contribution in [-0.4, -0.2) is 43.8 Å². The first-order chi connectivity index (χ1) is 19.4. The molecule has 0 unspecified atom stereocenters. The molecule has 0 bridgehead atoms. The van der Waals surface area contributed by atoms with Crippen LogP contribution < -0.4 is 9.62 Å². The minimum absolute atomic E-state index is 0.0276. The molecule has 2 amide bonds. The second kappa shape index (κ2) is 14.4. The molecule has 11 heteroatoms. The molecule has 3 rings (SSSR count). The maximum absolute atomic E-state index is 14.2. The van der Waals surface area contributed by atoms with Crippen LogP contribution >= 0.6 is 34.8 Å². The highest BCUT2D eigenvalue weighted by molar-refractivity contribution is 7.92.